The number of hydrogen-bond acceptors (Lipinski definition) is 8. The number of aromatic nitrogens is 1. The van der Waals surface area contributed by atoms with Crippen LogP contribution in [-0.4, -0.2) is 35.9 Å². The van der Waals surface area contributed by atoms with E-state index >= 15 is 0 Å². The lowest BCUT2D eigenvalue weighted by Gasteiger charge is -2.39. The lowest BCUT2D eigenvalue weighted by molar-refractivity contribution is -0.125. The molecule has 1 atom stereocenters. The average molecular weight is 425 g/mol. The summed E-state index contributed by atoms with van der Waals surface area (Å²) in [6.45, 7) is 7.27. The number of fused-ring (bicyclic) bond motifs is 2. The molecule has 3 N–H and O–H groups in total. The Labute approximate surface area is 179 Å². The molecule has 0 spiro atoms. The summed E-state index contributed by atoms with van der Waals surface area (Å²) in [5.74, 6) is 0.391. The van der Waals surface area contributed by atoms with Gasteiger partial charge in [0.25, 0.3) is 5.91 Å². The number of nitrogens with zero attached hydrogens (tertiary/aromatic N) is 3. The number of nitrogens with one attached hydrogen (secondary N) is 3. The van der Waals surface area contributed by atoms with E-state index in [1.807, 2.05) is 5.38 Å². The maximum Gasteiger partial charge on any atom is 0.264 e. The predicted octanol–water partition coefficient (Wildman–Crippen LogP) is 2.52. The van der Waals surface area contributed by atoms with Crippen LogP contribution in [0.25, 0.3) is 0 Å². The van der Waals surface area contributed by atoms with E-state index in [0.29, 0.717) is 16.7 Å². The highest BCUT2D eigenvalue weighted by atomic mass is 32.1. The van der Waals surface area contributed by atoms with Crippen molar-refractivity contribution in [3.8, 4) is 0 Å². The number of amides is 1. The molecule has 1 fully saturated rings. The second-order valence-electron chi connectivity index (χ2n) is 8.27. The Morgan fingerprint density at radius 2 is 2.17 bits per heavy atom. The fraction of sp³-hybridized carbons (Fsp3) is 0.381. The number of aliphatic imine (C=N–C) groups is 1. The van der Waals surface area contributed by atoms with Crippen molar-refractivity contribution in [2.75, 3.05) is 23.5 Å². The number of carbonyl (C=O) groups excluding carboxylic acids is 1. The Morgan fingerprint density at radius 1 is 1.30 bits per heavy atom. The molecule has 156 valence electrons. The van der Waals surface area contributed by atoms with Crippen LogP contribution in [0.4, 0.5) is 10.8 Å². The number of anilines is 2. The first-order valence-electron chi connectivity index (χ1n) is 9.94. The zero-order valence-corrected chi connectivity index (χ0v) is 18.0. The smallest absolute Gasteiger partial charge is 0.264 e. The van der Waals surface area contributed by atoms with Crippen LogP contribution in [0.3, 0.4) is 0 Å². The molecule has 1 unspecified atom stereocenters. The average Bonchev–Trinajstić information content (AvgIpc) is 3.22. The van der Waals surface area contributed by atoms with E-state index in [-0.39, 0.29) is 18.2 Å². The Balaban J connectivity index is 1.36. The summed E-state index contributed by atoms with van der Waals surface area (Å²) in [5, 5.41) is 12.4. The van der Waals surface area contributed by atoms with Crippen molar-refractivity contribution < 1.29 is 9.53 Å². The quantitative estimate of drug-likeness (QED) is 0.686. The molecule has 2 aromatic rings. The van der Waals surface area contributed by atoms with E-state index in [0.717, 1.165) is 18.7 Å². The zero-order chi connectivity index (χ0) is 20.9. The van der Waals surface area contributed by atoms with Gasteiger partial charge in [-0.05, 0) is 57.0 Å². The molecule has 0 radical (unpaired) electrons. The van der Waals surface area contributed by atoms with E-state index in [1.54, 1.807) is 19.3 Å². The van der Waals surface area contributed by atoms with E-state index in [9.17, 15) is 4.79 Å². The minimum Gasteiger partial charge on any atom is -0.332 e. The topological polar surface area (TPSA) is 90.9 Å². The highest BCUT2D eigenvalue weighted by Crippen LogP contribution is 2.35. The minimum absolute atomic E-state index is 0.0303. The summed E-state index contributed by atoms with van der Waals surface area (Å²) in [6.07, 6.45) is 4.33. The molecule has 0 saturated carbocycles. The monoisotopic (exact) mass is 424 g/mol. The fourth-order valence-electron chi connectivity index (χ4n) is 4.13. The highest BCUT2D eigenvalue weighted by Gasteiger charge is 2.44. The Hall–Kier alpha value is -2.75. The van der Waals surface area contributed by atoms with Gasteiger partial charge in [0.1, 0.15) is 6.73 Å². The van der Waals surface area contributed by atoms with Crippen LogP contribution < -0.4 is 20.9 Å². The standard InChI is InChI=1S/C21H24N6O2S/c1-20(2)15-5-4-14(10-13(15)6-7-24-20)25-18-23-11-16-17(28)27(19-22-8-9-30-19)12-29-21(16,3)26-18/h4-5,8-11,24H,6-7,12H2,1-3H3,(H2,23,25,26). The summed E-state index contributed by atoms with van der Waals surface area (Å²) in [4.78, 5) is 23.4. The first kappa shape index (κ1) is 19.2. The van der Waals surface area contributed by atoms with Gasteiger partial charge < -0.3 is 20.7 Å². The summed E-state index contributed by atoms with van der Waals surface area (Å²) >= 11 is 1.40. The molecule has 1 aromatic heterocycles. The molecule has 9 heteroatoms. The van der Waals surface area contributed by atoms with E-state index in [1.165, 1.54) is 27.4 Å². The van der Waals surface area contributed by atoms with Crippen LogP contribution in [-0.2, 0) is 21.5 Å². The lowest BCUT2D eigenvalue weighted by atomic mass is 9.85. The number of carbonyl (C=O) groups is 1. The van der Waals surface area contributed by atoms with Gasteiger partial charge in [0.15, 0.2) is 10.9 Å². The summed E-state index contributed by atoms with van der Waals surface area (Å²) in [6, 6.07) is 6.37. The number of guanidine groups is 1. The van der Waals surface area contributed by atoms with Crippen LogP contribution in [0.5, 0.6) is 0 Å². The van der Waals surface area contributed by atoms with Gasteiger partial charge in [0.2, 0.25) is 5.96 Å². The first-order chi connectivity index (χ1) is 14.4. The molecular formula is C21H24N6O2S. The largest absolute Gasteiger partial charge is 0.332 e. The van der Waals surface area contributed by atoms with Gasteiger partial charge in [-0.25, -0.2) is 9.98 Å². The number of rotatable bonds is 2. The van der Waals surface area contributed by atoms with Gasteiger partial charge in [-0.2, -0.15) is 0 Å². The summed E-state index contributed by atoms with van der Waals surface area (Å²) in [5.41, 5.74) is 2.97. The molecule has 1 amide bonds. The van der Waals surface area contributed by atoms with Crippen molar-refractivity contribution in [2.24, 2.45) is 4.99 Å². The van der Waals surface area contributed by atoms with Crippen LogP contribution in [0, 0.1) is 0 Å². The van der Waals surface area contributed by atoms with Gasteiger partial charge in [-0.15, -0.1) is 11.3 Å². The molecule has 0 bridgehead atoms. The molecule has 0 aliphatic carbocycles. The third-order valence-electron chi connectivity index (χ3n) is 5.78. The van der Waals surface area contributed by atoms with Crippen molar-refractivity contribution in [1.82, 2.24) is 15.6 Å². The van der Waals surface area contributed by atoms with Crippen molar-refractivity contribution in [2.45, 2.75) is 38.5 Å². The van der Waals surface area contributed by atoms with E-state index in [2.05, 4.69) is 58.0 Å². The first-order valence-corrected chi connectivity index (χ1v) is 10.8. The maximum atomic E-state index is 13.0. The van der Waals surface area contributed by atoms with Crippen molar-refractivity contribution in [3.63, 3.8) is 0 Å². The van der Waals surface area contributed by atoms with Crippen LogP contribution in [0.2, 0.25) is 0 Å². The van der Waals surface area contributed by atoms with Gasteiger partial charge in [-0.1, -0.05) is 6.07 Å². The van der Waals surface area contributed by atoms with Crippen molar-refractivity contribution in [3.05, 3.63) is 52.7 Å². The minimum atomic E-state index is -1.04. The molecule has 3 aliphatic rings. The highest BCUT2D eigenvalue weighted by molar-refractivity contribution is 7.13. The van der Waals surface area contributed by atoms with Gasteiger partial charge >= 0.3 is 0 Å². The van der Waals surface area contributed by atoms with Crippen LogP contribution in [0.15, 0.2) is 46.5 Å². The Morgan fingerprint density at radius 3 is 2.97 bits per heavy atom. The zero-order valence-electron chi connectivity index (χ0n) is 17.2. The number of hydrogen-bond donors (Lipinski definition) is 3. The van der Waals surface area contributed by atoms with Gasteiger partial charge in [0, 0.05) is 29.0 Å². The van der Waals surface area contributed by atoms with Gasteiger partial charge in [-0.3, -0.25) is 9.69 Å². The predicted molar refractivity (Wildman–Crippen MR) is 117 cm³/mol. The third kappa shape index (κ3) is 3.19. The maximum absolute atomic E-state index is 13.0. The Bertz CT molecular complexity index is 1060. The molecule has 5 rings (SSSR count). The molecule has 4 heterocycles. The van der Waals surface area contributed by atoms with E-state index in [4.69, 9.17) is 4.74 Å². The normalized spacial score (nSPS) is 24.9. The lowest BCUT2D eigenvalue weighted by Crippen LogP contribution is -2.53. The fourth-order valence-corrected chi connectivity index (χ4v) is 4.76. The second kappa shape index (κ2) is 6.90. The third-order valence-corrected chi connectivity index (χ3v) is 6.58. The number of benzene rings is 1. The molecule has 30 heavy (non-hydrogen) atoms. The van der Waals surface area contributed by atoms with Crippen molar-refractivity contribution >= 4 is 34.0 Å². The SMILES string of the molecule is CC12N=C(Nc3ccc4c(c3)CCNC4(C)C)NC=C1C(=O)N(c1nccs1)CO2. The molecule has 3 aliphatic heterocycles. The number of thiazole rings is 1. The molecule has 1 saturated heterocycles. The number of ether oxygens (including phenoxy) is 1. The van der Waals surface area contributed by atoms with Crippen LogP contribution >= 0.6 is 11.3 Å². The molecule has 1 aromatic carbocycles. The second-order valence-corrected chi connectivity index (χ2v) is 9.14. The molecular weight excluding hydrogens is 400 g/mol. The summed E-state index contributed by atoms with van der Waals surface area (Å²) in [7, 11) is 0. The molecule has 8 nitrogen and oxygen atoms in total. The Kier molecular flexibility index (Phi) is 4.42. The van der Waals surface area contributed by atoms with Crippen molar-refractivity contribution in [1.29, 1.82) is 0 Å². The van der Waals surface area contributed by atoms with Gasteiger partial charge in [0.05, 0.1) is 5.57 Å². The van der Waals surface area contributed by atoms with E-state index < -0.39 is 5.72 Å². The van der Waals surface area contributed by atoms with Crippen LogP contribution in [0.1, 0.15) is 31.9 Å². The summed E-state index contributed by atoms with van der Waals surface area (Å²) < 4.78 is 5.99.